The van der Waals surface area contributed by atoms with Crippen molar-refractivity contribution in [1.29, 1.82) is 5.26 Å². The maximum absolute atomic E-state index is 12.7. The molecule has 0 unspecified atom stereocenters. The Kier molecular flexibility index (Phi) is 6.01. The first-order valence-corrected chi connectivity index (χ1v) is 9.61. The van der Waals surface area contributed by atoms with Gasteiger partial charge in [-0.3, -0.25) is 4.79 Å². The van der Waals surface area contributed by atoms with Gasteiger partial charge in [0.05, 0.1) is 11.6 Å². The topological polar surface area (TPSA) is 79.3 Å². The Morgan fingerprint density at radius 2 is 2.00 bits per heavy atom. The highest BCUT2D eigenvalue weighted by molar-refractivity contribution is 5.94. The largest absolute Gasteiger partial charge is 0.489 e. The first-order chi connectivity index (χ1) is 13.4. The summed E-state index contributed by atoms with van der Waals surface area (Å²) in [5.74, 6) is 1.24. The zero-order valence-electron chi connectivity index (χ0n) is 16.5. The Balaban J connectivity index is 1.56. The Labute approximate surface area is 166 Å². The van der Waals surface area contributed by atoms with Crippen LogP contribution in [0.15, 0.2) is 48.5 Å². The number of hydrogen-bond donors (Lipinski definition) is 1. The lowest BCUT2D eigenvalue weighted by Gasteiger charge is -2.42. The van der Waals surface area contributed by atoms with Crippen molar-refractivity contribution < 1.29 is 9.53 Å². The second-order valence-corrected chi connectivity index (χ2v) is 8.28. The number of nitriles is 1. The molecule has 1 amide bonds. The van der Waals surface area contributed by atoms with Crippen molar-refractivity contribution in [1.82, 2.24) is 4.90 Å². The highest BCUT2D eigenvalue weighted by Gasteiger charge is 2.34. The standard InChI is InChI=1S/C23H27N3O2/c1-23(2,16-25)11-19-13-26(14-19)22(27)20-7-3-6-18(9-20)15-28-21-8-4-5-17(10-21)12-24/h3-10,19H,11,13-16,25H2,1-2H3. The van der Waals surface area contributed by atoms with E-state index in [-0.39, 0.29) is 11.3 Å². The fraction of sp³-hybridized carbons (Fsp3) is 0.391. The van der Waals surface area contributed by atoms with Crippen LogP contribution in [0.25, 0.3) is 0 Å². The van der Waals surface area contributed by atoms with Crippen LogP contribution in [0.2, 0.25) is 0 Å². The van der Waals surface area contributed by atoms with E-state index in [9.17, 15) is 4.79 Å². The summed E-state index contributed by atoms with van der Waals surface area (Å²) in [6.45, 7) is 6.95. The van der Waals surface area contributed by atoms with Crippen molar-refractivity contribution in [2.24, 2.45) is 17.1 Å². The summed E-state index contributed by atoms with van der Waals surface area (Å²) in [6.07, 6.45) is 1.04. The summed E-state index contributed by atoms with van der Waals surface area (Å²) in [4.78, 5) is 14.6. The zero-order valence-corrected chi connectivity index (χ0v) is 16.5. The summed E-state index contributed by atoms with van der Waals surface area (Å²) in [5, 5.41) is 8.97. The van der Waals surface area contributed by atoms with Gasteiger partial charge in [-0.05, 0) is 60.2 Å². The average Bonchev–Trinajstić information content (AvgIpc) is 2.69. The van der Waals surface area contributed by atoms with Crippen LogP contribution in [0.1, 0.15) is 41.8 Å². The monoisotopic (exact) mass is 377 g/mol. The average molecular weight is 377 g/mol. The smallest absolute Gasteiger partial charge is 0.253 e. The molecular weight excluding hydrogens is 350 g/mol. The molecule has 0 bridgehead atoms. The third kappa shape index (κ3) is 4.90. The summed E-state index contributed by atoms with van der Waals surface area (Å²) >= 11 is 0. The van der Waals surface area contributed by atoms with Crippen molar-refractivity contribution in [2.45, 2.75) is 26.9 Å². The normalized spacial score (nSPS) is 14.3. The minimum atomic E-state index is 0.0649. The fourth-order valence-corrected chi connectivity index (χ4v) is 3.53. The van der Waals surface area contributed by atoms with Gasteiger partial charge in [0.1, 0.15) is 12.4 Å². The molecule has 5 heteroatoms. The molecule has 2 aromatic carbocycles. The molecule has 0 spiro atoms. The van der Waals surface area contributed by atoms with Crippen LogP contribution in [0.3, 0.4) is 0 Å². The van der Waals surface area contributed by atoms with Crippen LogP contribution >= 0.6 is 0 Å². The highest BCUT2D eigenvalue weighted by Crippen LogP contribution is 2.31. The Morgan fingerprint density at radius 1 is 1.25 bits per heavy atom. The Hall–Kier alpha value is -2.84. The number of nitrogens with zero attached hydrogens (tertiary/aromatic N) is 2. The van der Waals surface area contributed by atoms with Gasteiger partial charge in [0.15, 0.2) is 0 Å². The molecule has 3 rings (SSSR count). The van der Waals surface area contributed by atoms with Gasteiger partial charge in [-0.15, -0.1) is 0 Å². The van der Waals surface area contributed by atoms with Gasteiger partial charge in [0.25, 0.3) is 5.91 Å². The van der Waals surface area contributed by atoms with Gasteiger partial charge in [0, 0.05) is 18.7 Å². The van der Waals surface area contributed by atoms with E-state index in [0.29, 0.717) is 35.9 Å². The number of rotatable bonds is 7. The molecular formula is C23H27N3O2. The molecule has 1 heterocycles. The predicted octanol–water partition coefficient (Wildman–Crippen LogP) is 3.58. The molecule has 146 valence electrons. The first-order valence-electron chi connectivity index (χ1n) is 9.61. The van der Waals surface area contributed by atoms with Crippen LogP contribution in [0, 0.1) is 22.7 Å². The van der Waals surface area contributed by atoms with Crippen LogP contribution in [-0.2, 0) is 6.61 Å². The number of likely N-dealkylation sites (tertiary alicyclic amines) is 1. The number of benzene rings is 2. The van der Waals surface area contributed by atoms with Crippen molar-refractivity contribution in [2.75, 3.05) is 19.6 Å². The van der Waals surface area contributed by atoms with Crippen molar-refractivity contribution in [3.05, 3.63) is 65.2 Å². The summed E-state index contributed by atoms with van der Waals surface area (Å²) in [7, 11) is 0. The summed E-state index contributed by atoms with van der Waals surface area (Å²) in [6, 6.07) is 16.7. The van der Waals surface area contributed by atoms with E-state index >= 15 is 0 Å². The SMILES string of the molecule is CC(C)(CN)CC1CN(C(=O)c2cccc(COc3cccc(C#N)c3)c2)C1. The van der Waals surface area contributed by atoms with E-state index in [4.69, 9.17) is 15.7 Å². The second kappa shape index (κ2) is 8.45. The summed E-state index contributed by atoms with van der Waals surface area (Å²) in [5.41, 5.74) is 8.11. The van der Waals surface area contributed by atoms with E-state index < -0.39 is 0 Å². The van der Waals surface area contributed by atoms with E-state index in [1.165, 1.54) is 0 Å². The first kappa shape index (κ1) is 19.9. The highest BCUT2D eigenvalue weighted by atomic mass is 16.5. The summed E-state index contributed by atoms with van der Waals surface area (Å²) < 4.78 is 5.77. The molecule has 2 N–H and O–H groups in total. The fourth-order valence-electron chi connectivity index (χ4n) is 3.53. The van der Waals surface area contributed by atoms with Gasteiger partial charge >= 0.3 is 0 Å². The molecule has 0 aromatic heterocycles. The molecule has 1 aliphatic heterocycles. The number of ether oxygens (including phenoxy) is 1. The lowest BCUT2D eigenvalue weighted by Crippen LogP contribution is -2.51. The molecule has 1 aliphatic rings. The molecule has 0 atom stereocenters. The third-order valence-corrected chi connectivity index (χ3v) is 5.18. The third-order valence-electron chi connectivity index (χ3n) is 5.18. The second-order valence-electron chi connectivity index (χ2n) is 8.28. The molecule has 0 radical (unpaired) electrons. The molecule has 0 aliphatic carbocycles. The molecule has 5 nitrogen and oxygen atoms in total. The molecule has 0 saturated carbocycles. The maximum atomic E-state index is 12.7. The Morgan fingerprint density at radius 3 is 2.71 bits per heavy atom. The number of hydrogen-bond acceptors (Lipinski definition) is 4. The Bertz CT molecular complexity index is 879. The predicted molar refractivity (Wildman–Crippen MR) is 109 cm³/mol. The molecule has 1 fully saturated rings. The van der Waals surface area contributed by atoms with Crippen LogP contribution in [0.4, 0.5) is 0 Å². The lowest BCUT2D eigenvalue weighted by molar-refractivity contribution is 0.0407. The molecule has 1 saturated heterocycles. The van der Waals surface area contributed by atoms with Crippen LogP contribution in [-0.4, -0.2) is 30.4 Å². The van der Waals surface area contributed by atoms with E-state index in [1.54, 1.807) is 18.2 Å². The van der Waals surface area contributed by atoms with Gasteiger partial charge < -0.3 is 15.4 Å². The van der Waals surface area contributed by atoms with Gasteiger partial charge in [0.2, 0.25) is 0 Å². The number of carbonyl (C=O) groups excluding carboxylic acids is 1. The quantitative estimate of drug-likeness (QED) is 0.800. The minimum absolute atomic E-state index is 0.0649. The zero-order chi connectivity index (χ0) is 20.1. The maximum Gasteiger partial charge on any atom is 0.253 e. The van der Waals surface area contributed by atoms with Crippen LogP contribution in [0.5, 0.6) is 5.75 Å². The van der Waals surface area contributed by atoms with Crippen molar-refractivity contribution >= 4 is 5.91 Å². The number of carbonyl (C=O) groups is 1. The van der Waals surface area contributed by atoms with E-state index in [2.05, 4.69) is 19.9 Å². The van der Waals surface area contributed by atoms with Gasteiger partial charge in [-0.1, -0.05) is 32.0 Å². The molecule has 28 heavy (non-hydrogen) atoms. The van der Waals surface area contributed by atoms with Crippen molar-refractivity contribution in [3.63, 3.8) is 0 Å². The van der Waals surface area contributed by atoms with Gasteiger partial charge in [-0.2, -0.15) is 5.26 Å². The van der Waals surface area contributed by atoms with Gasteiger partial charge in [-0.25, -0.2) is 0 Å². The lowest BCUT2D eigenvalue weighted by atomic mass is 9.79. The van der Waals surface area contributed by atoms with Crippen molar-refractivity contribution in [3.8, 4) is 11.8 Å². The number of amides is 1. The number of nitrogens with two attached hydrogens (primary N) is 1. The molecule has 2 aromatic rings. The van der Waals surface area contributed by atoms with Crippen LogP contribution < -0.4 is 10.5 Å². The van der Waals surface area contributed by atoms with E-state index in [0.717, 1.165) is 25.1 Å². The van der Waals surface area contributed by atoms with E-state index in [1.807, 2.05) is 35.2 Å². The minimum Gasteiger partial charge on any atom is -0.489 e.